The smallest absolute Gasteiger partial charge is 0.266 e. The largest absolute Gasteiger partial charge is 0.462 e. The third-order valence-electron chi connectivity index (χ3n) is 1.30. The second-order valence-corrected chi connectivity index (χ2v) is 2.14. The van der Waals surface area contributed by atoms with Crippen LogP contribution in [0.25, 0.3) is 0 Å². The van der Waals surface area contributed by atoms with Crippen molar-refractivity contribution < 1.29 is 18.9 Å². The molecular formula is C6H8O4. The van der Waals surface area contributed by atoms with Crippen molar-refractivity contribution in [3.63, 3.8) is 0 Å². The molecule has 0 aliphatic carbocycles. The van der Waals surface area contributed by atoms with Gasteiger partial charge in [0.15, 0.2) is 5.76 Å². The molecule has 10 heavy (non-hydrogen) atoms. The quantitative estimate of drug-likeness (QED) is 0.519. The van der Waals surface area contributed by atoms with E-state index < -0.39 is 0 Å². The Balaban J connectivity index is 1.90. The second kappa shape index (κ2) is 2.14. The summed E-state index contributed by atoms with van der Waals surface area (Å²) in [6.07, 6.45) is 1.17. The lowest BCUT2D eigenvalue weighted by atomic mass is 10.5. The van der Waals surface area contributed by atoms with Gasteiger partial charge in [-0.1, -0.05) is 0 Å². The standard InChI is InChI=1S/C6H8O4/c1-7-2-4-3-8-5-6(9-4)10-5/h3,5-6H,2H2,1H3. The van der Waals surface area contributed by atoms with Crippen LogP contribution in [0.2, 0.25) is 0 Å². The van der Waals surface area contributed by atoms with Crippen LogP contribution in [0.3, 0.4) is 0 Å². The van der Waals surface area contributed by atoms with Crippen molar-refractivity contribution in [1.82, 2.24) is 0 Å². The highest BCUT2D eigenvalue weighted by molar-refractivity contribution is 4.95. The average Bonchev–Trinajstić information content (AvgIpc) is 2.66. The van der Waals surface area contributed by atoms with Gasteiger partial charge in [0.1, 0.15) is 12.9 Å². The highest BCUT2D eigenvalue weighted by Gasteiger charge is 2.46. The summed E-state index contributed by atoms with van der Waals surface area (Å²) in [5.74, 6) is 0.682. The molecule has 1 saturated heterocycles. The second-order valence-electron chi connectivity index (χ2n) is 2.14. The van der Waals surface area contributed by atoms with Gasteiger partial charge in [0.2, 0.25) is 0 Å². The minimum absolute atomic E-state index is 0.166. The number of methoxy groups -OCH3 is 1. The molecule has 0 N–H and O–H groups in total. The van der Waals surface area contributed by atoms with E-state index in [4.69, 9.17) is 18.9 Å². The minimum Gasteiger partial charge on any atom is -0.462 e. The Morgan fingerprint density at radius 3 is 3.20 bits per heavy atom. The van der Waals surface area contributed by atoms with Crippen LogP contribution in [0.15, 0.2) is 12.0 Å². The molecule has 0 aromatic heterocycles. The maximum Gasteiger partial charge on any atom is 0.266 e. The predicted molar refractivity (Wildman–Crippen MR) is 30.8 cm³/mol. The molecule has 1 fully saturated rings. The fourth-order valence-electron chi connectivity index (χ4n) is 0.797. The van der Waals surface area contributed by atoms with Gasteiger partial charge in [-0.15, -0.1) is 0 Å². The van der Waals surface area contributed by atoms with Crippen LogP contribution in [0, 0.1) is 0 Å². The number of epoxide rings is 1. The van der Waals surface area contributed by atoms with Crippen molar-refractivity contribution in [1.29, 1.82) is 0 Å². The molecule has 4 heteroatoms. The van der Waals surface area contributed by atoms with E-state index in [1.165, 1.54) is 6.26 Å². The summed E-state index contributed by atoms with van der Waals surface area (Å²) in [4.78, 5) is 0. The number of rotatable bonds is 2. The van der Waals surface area contributed by atoms with E-state index in [0.29, 0.717) is 12.4 Å². The average molecular weight is 144 g/mol. The van der Waals surface area contributed by atoms with Gasteiger partial charge < -0.3 is 14.2 Å². The Kier molecular flexibility index (Phi) is 1.28. The van der Waals surface area contributed by atoms with Crippen molar-refractivity contribution in [3.8, 4) is 0 Å². The lowest BCUT2D eigenvalue weighted by Crippen LogP contribution is -2.11. The molecule has 2 unspecified atom stereocenters. The highest BCUT2D eigenvalue weighted by Crippen LogP contribution is 2.31. The summed E-state index contributed by atoms with van der Waals surface area (Å²) >= 11 is 0. The van der Waals surface area contributed by atoms with E-state index in [9.17, 15) is 0 Å². The van der Waals surface area contributed by atoms with Crippen molar-refractivity contribution in [3.05, 3.63) is 12.0 Å². The predicted octanol–water partition coefficient (Wildman–Crippen LogP) is 0.203. The molecule has 0 aromatic rings. The Hall–Kier alpha value is -0.740. The first-order valence-electron chi connectivity index (χ1n) is 3.06. The van der Waals surface area contributed by atoms with E-state index in [-0.39, 0.29) is 12.6 Å². The SMILES string of the molecule is COCC1=COC2OC2O1. The summed E-state index contributed by atoms with van der Waals surface area (Å²) < 4.78 is 19.9. The van der Waals surface area contributed by atoms with Crippen LogP contribution in [0.1, 0.15) is 0 Å². The molecule has 2 atom stereocenters. The van der Waals surface area contributed by atoms with Crippen LogP contribution in [0.5, 0.6) is 0 Å². The molecule has 2 rings (SSSR count). The van der Waals surface area contributed by atoms with Crippen LogP contribution in [-0.2, 0) is 18.9 Å². The number of fused-ring (bicyclic) bond motifs is 1. The Bertz CT molecular complexity index is 165. The highest BCUT2D eigenvalue weighted by atomic mass is 16.9. The number of hydrogen-bond donors (Lipinski definition) is 0. The molecule has 2 heterocycles. The summed E-state index contributed by atoms with van der Waals surface area (Å²) in [5.41, 5.74) is 0. The molecule has 4 nitrogen and oxygen atoms in total. The van der Waals surface area contributed by atoms with Gasteiger partial charge in [0.25, 0.3) is 12.6 Å². The molecule has 0 radical (unpaired) electrons. The molecule has 0 amide bonds. The van der Waals surface area contributed by atoms with Crippen LogP contribution >= 0.6 is 0 Å². The third-order valence-corrected chi connectivity index (χ3v) is 1.30. The first kappa shape index (κ1) is 6.00. The first-order chi connectivity index (χ1) is 4.90. The van der Waals surface area contributed by atoms with Gasteiger partial charge in [0, 0.05) is 7.11 Å². The topological polar surface area (TPSA) is 40.2 Å². The van der Waals surface area contributed by atoms with Gasteiger partial charge in [-0.25, -0.2) is 0 Å². The van der Waals surface area contributed by atoms with Crippen molar-refractivity contribution >= 4 is 0 Å². The van der Waals surface area contributed by atoms with E-state index in [0.717, 1.165) is 0 Å². The monoisotopic (exact) mass is 144 g/mol. The van der Waals surface area contributed by atoms with Crippen molar-refractivity contribution in [2.75, 3.05) is 13.7 Å². The number of hydrogen-bond acceptors (Lipinski definition) is 4. The maximum absolute atomic E-state index is 5.19. The maximum atomic E-state index is 5.19. The summed E-state index contributed by atoms with van der Waals surface area (Å²) in [6, 6.07) is 0. The van der Waals surface area contributed by atoms with Gasteiger partial charge >= 0.3 is 0 Å². The Morgan fingerprint density at radius 2 is 2.50 bits per heavy atom. The molecule has 2 aliphatic heterocycles. The molecular weight excluding hydrogens is 136 g/mol. The fraction of sp³-hybridized carbons (Fsp3) is 0.667. The lowest BCUT2D eigenvalue weighted by molar-refractivity contribution is 0.0467. The van der Waals surface area contributed by atoms with Gasteiger partial charge in [0.05, 0.1) is 0 Å². The van der Waals surface area contributed by atoms with E-state index in [1.807, 2.05) is 0 Å². The van der Waals surface area contributed by atoms with E-state index in [1.54, 1.807) is 7.11 Å². The van der Waals surface area contributed by atoms with Crippen LogP contribution in [0.4, 0.5) is 0 Å². The summed E-state index contributed by atoms with van der Waals surface area (Å²) in [5, 5.41) is 0. The van der Waals surface area contributed by atoms with Crippen LogP contribution in [-0.4, -0.2) is 26.3 Å². The normalized spacial score (nSPS) is 35.1. The van der Waals surface area contributed by atoms with Gasteiger partial charge in [-0.3, -0.25) is 4.74 Å². The zero-order valence-corrected chi connectivity index (χ0v) is 5.57. The Labute approximate surface area is 58.3 Å². The molecule has 0 spiro atoms. The van der Waals surface area contributed by atoms with Gasteiger partial charge in [-0.05, 0) is 0 Å². The fourth-order valence-corrected chi connectivity index (χ4v) is 0.797. The first-order valence-corrected chi connectivity index (χ1v) is 3.06. The third kappa shape index (κ3) is 0.955. The molecule has 56 valence electrons. The minimum atomic E-state index is -0.185. The van der Waals surface area contributed by atoms with Crippen LogP contribution < -0.4 is 0 Å². The number of ether oxygens (including phenoxy) is 4. The molecule has 0 aromatic carbocycles. The molecule has 0 saturated carbocycles. The molecule has 2 aliphatic rings. The summed E-state index contributed by atoms with van der Waals surface area (Å²) in [6.45, 7) is 0.437. The molecule has 0 bridgehead atoms. The van der Waals surface area contributed by atoms with Crippen molar-refractivity contribution in [2.45, 2.75) is 12.6 Å². The van der Waals surface area contributed by atoms with E-state index >= 15 is 0 Å². The zero-order chi connectivity index (χ0) is 6.97. The van der Waals surface area contributed by atoms with E-state index in [2.05, 4.69) is 0 Å². The van der Waals surface area contributed by atoms with Crippen molar-refractivity contribution in [2.24, 2.45) is 0 Å². The lowest BCUT2D eigenvalue weighted by Gasteiger charge is -2.09. The van der Waals surface area contributed by atoms with Gasteiger partial charge in [-0.2, -0.15) is 0 Å². The summed E-state index contributed by atoms with van der Waals surface area (Å²) in [7, 11) is 1.60. The Morgan fingerprint density at radius 1 is 1.60 bits per heavy atom. The zero-order valence-electron chi connectivity index (χ0n) is 5.57.